The molecule has 0 N–H and O–H groups in total. The molecule has 194 valence electrons. The molecule has 0 unspecified atom stereocenters. The summed E-state index contributed by atoms with van der Waals surface area (Å²) < 4.78 is 4.59. The van der Waals surface area contributed by atoms with Crippen LogP contribution in [-0.2, 0) is 0 Å². The summed E-state index contributed by atoms with van der Waals surface area (Å²) in [6, 6.07) is 48.1. The molecule has 0 radical (unpaired) electrons. The molecule has 8 rings (SSSR count). The van der Waals surface area contributed by atoms with E-state index in [9.17, 15) is 5.26 Å². The highest BCUT2D eigenvalue weighted by atomic mass is 15.0. The number of benzene rings is 6. The summed E-state index contributed by atoms with van der Waals surface area (Å²) in [5.41, 5.74) is 9.96. The van der Waals surface area contributed by atoms with Gasteiger partial charge < -0.3 is 9.13 Å². The zero-order valence-electron chi connectivity index (χ0n) is 22.5. The molecule has 0 saturated carbocycles. The lowest BCUT2D eigenvalue weighted by atomic mass is 10.0. The van der Waals surface area contributed by atoms with Crippen LogP contribution in [0.15, 0.2) is 133 Å². The van der Waals surface area contributed by atoms with Crippen molar-refractivity contribution >= 4 is 49.3 Å². The van der Waals surface area contributed by atoms with Crippen LogP contribution >= 0.6 is 0 Å². The van der Waals surface area contributed by atoms with Crippen molar-refractivity contribution in [2.75, 3.05) is 0 Å². The van der Waals surface area contributed by atoms with Gasteiger partial charge in [-0.2, -0.15) is 5.26 Å². The first-order chi connectivity index (χ1) is 20.7. The standard InChI is InChI=1S/C38H22N4/c1-40-27-17-21-37-33(23-27)32-20-16-26(22-38(32)41(37)28-18-14-25(24-39)15-19-28)29-8-2-5-11-34(29)42-35-12-6-3-9-30(35)31-10-4-7-13-36(31)42/h2-23H. The maximum atomic E-state index is 9.37. The summed E-state index contributed by atoms with van der Waals surface area (Å²) in [5.74, 6) is 0. The highest BCUT2D eigenvalue weighted by Crippen LogP contribution is 2.39. The summed E-state index contributed by atoms with van der Waals surface area (Å²) in [7, 11) is 0. The lowest BCUT2D eigenvalue weighted by molar-refractivity contribution is 1.17. The SMILES string of the molecule is [C-]#[N+]c1ccc2c(c1)c1ccc(-c3ccccc3-n3c4ccccc4c4ccccc43)cc1n2-c1ccc(C#N)cc1. The van der Waals surface area contributed by atoms with E-state index in [4.69, 9.17) is 6.57 Å². The summed E-state index contributed by atoms with van der Waals surface area (Å²) in [4.78, 5) is 3.69. The number of hydrogen-bond acceptors (Lipinski definition) is 1. The molecule has 2 heterocycles. The second-order valence-electron chi connectivity index (χ2n) is 10.4. The number of fused-ring (bicyclic) bond motifs is 6. The number of aromatic nitrogens is 2. The van der Waals surface area contributed by atoms with E-state index in [-0.39, 0.29) is 0 Å². The van der Waals surface area contributed by atoms with E-state index < -0.39 is 0 Å². The van der Waals surface area contributed by atoms with Gasteiger partial charge in [-0.05, 0) is 71.6 Å². The summed E-state index contributed by atoms with van der Waals surface area (Å²) in [5, 5.41) is 13.9. The van der Waals surface area contributed by atoms with E-state index in [1.165, 1.54) is 21.8 Å². The molecule has 0 atom stereocenters. The molecule has 4 heteroatoms. The number of hydrogen-bond donors (Lipinski definition) is 0. The van der Waals surface area contributed by atoms with Gasteiger partial charge in [-0.15, -0.1) is 0 Å². The van der Waals surface area contributed by atoms with Gasteiger partial charge in [-0.1, -0.05) is 72.8 Å². The molecule has 0 amide bonds. The third-order valence-corrected chi connectivity index (χ3v) is 8.17. The van der Waals surface area contributed by atoms with Crippen molar-refractivity contribution < 1.29 is 0 Å². The predicted octanol–water partition coefficient (Wildman–Crippen LogP) is 9.97. The molecule has 0 aliphatic heterocycles. The Kier molecular flexibility index (Phi) is 5.22. The second kappa shape index (κ2) is 9.24. The van der Waals surface area contributed by atoms with Crippen LogP contribution in [0.2, 0.25) is 0 Å². The van der Waals surface area contributed by atoms with Crippen LogP contribution in [0.4, 0.5) is 5.69 Å². The summed E-state index contributed by atoms with van der Waals surface area (Å²) >= 11 is 0. The quantitative estimate of drug-likeness (QED) is 0.208. The first kappa shape index (κ1) is 23.8. The van der Waals surface area contributed by atoms with Crippen molar-refractivity contribution in [1.82, 2.24) is 9.13 Å². The van der Waals surface area contributed by atoms with Crippen LogP contribution < -0.4 is 0 Å². The minimum atomic E-state index is 0.613. The van der Waals surface area contributed by atoms with Crippen LogP contribution in [0.3, 0.4) is 0 Å². The minimum absolute atomic E-state index is 0.613. The van der Waals surface area contributed by atoms with E-state index >= 15 is 0 Å². The summed E-state index contributed by atoms with van der Waals surface area (Å²) in [6.07, 6.45) is 0. The maximum Gasteiger partial charge on any atom is 0.188 e. The van der Waals surface area contributed by atoms with Crippen molar-refractivity contribution in [2.24, 2.45) is 0 Å². The normalized spacial score (nSPS) is 11.3. The average Bonchev–Trinajstić information content (AvgIpc) is 3.57. The van der Waals surface area contributed by atoms with Crippen molar-refractivity contribution in [3.05, 3.63) is 150 Å². The van der Waals surface area contributed by atoms with Gasteiger partial charge in [0, 0.05) is 27.4 Å². The predicted molar refractivity (Wildman–Crippen MR) is 172 cm³/mol. The molecule has 0 aliphatic carbocycles. The average molecular weight is 535 g/mol. The Morgan fingerprint density at radius 1 is 0.548 bits per heavy atom. The number of rotatable bonds is 3. The Morgan fingerprint density at radius 2 is 1.19 bits per heavy atom. The van der Waals surface area contributed by atoms with Gasteiger partial charge in [0.2, 0.25) is 0 Å². The highest BCUT2D eigenvalue weighted by molar-refractivity contribution is 6.12. The monoisotopic (exact) mass is 534 g/mol. The number of nitriles is 1. The van der Waals surface area contributed by atoms with Gasteiger partial charge in [0.1, 0.15) is 0 Å². The van der Waals surface area contributed by atoms with Gasteiger partial charge in [-0.25, -0.2) is 4.85 Å². The smallest absolute Gasteiger partial charge is 0.188 e. The van der Waals surface area contributed by atoms with Gasteiger partial charge >= 0.3 is 0 Å². The molecule has 8 aromatic rings. The van der Waals surface area contributed by atoms with E-state index in [1.54, 1.807) is 0 Å². The van der Waals surface area contributed by atoms with Gasteiger partial charge in [0.15, 0.2) is 5.69 Å². The number of para-hydroxylation sites is 3. The zero-order chi connectivity index (χ0) is 28.2. The molecular weight excluding hydrogens is 512 g/mol. The molecule has 0 fully saturated rings. The largest absolute Gasteiger partial charge is 0.309 e. The van der Waals surface area contributed by atoms with Crippen molar-refractivity contribution in [1.29, 1.82) is 5.26 Å². The minimum Gasteiger partial charge on any atom is -0.309 e. The molecule has 0 saturated heterocycles. The topological polar surface area (TPSA) is 38.0 Å². The van der Waals surface area contributed by atoms with E-state index in [2.05, 4.69) is 111 Å². The Labute approximate surface area is 242 Å². The van der Waals surface area contributed by atoms with Crippen LogP contribution in [0.1, 0.15) is 5.56 Å². The fourth-order valence-electron chi connectivity index (χ4n) is 6.30. The summed E-state index contributed by atoms with van der Waals surface area (Å²) in [6.45, 7) is 7.58. The van der Waals surface area contributed by atoms with Gasteiger partial charge in [-0.3, -0.25) is 0 Å². The molecule has 6 aromatic carbocycles. The van der Waals surface area contributed by atoms with E-state index in [1.807, 2.05) is 42.5 Å². The first-order valence-corrected chi connectivity index (χ1v) is 13.8. The van der Waals surface area contributed by atoms with Crippen molar-refractivity contribution in [3.63, 3.8) is 0 Å². The lowest BCUT2D eigenvalue weighted by Crippen LogP contribution is -1.97. The molecule has 0 aliphatic rings. The Balaban J connectivity index is 1.42. The first-order valence-electron chi connectivity index (χ1n) is 13.8. The van der Waals surface area contributed by atoms with Crippen molar-refractivity contribution in [3.8, 4) is 28.6 Å². The fraction of sp³-hybridized carbons (Fsp3) is 0. The molecule has 0 bridgehead atoms. The maximum absolute atomic E-state index is 9.37. The van der Waals surface area contributed by atoms with E-state index in [0.29, 0.717) is 11.3 Å². The molecule has 4 nitrogen and oxygen atoms in total. The molecule has 0 spiro atoms. The van der Waals surface area contributed by atoms with Crippen molar-refractivity contribution in [2.45, 2.75) is 0 Å². The third-order valence-electron chi connectivity index (χ3n) is 8.17. The van der Waals surface area contributed by atoms with Gasteiger partial charge in [0.25, 0.3) is 0 Å². The molecule has 42 heavy (non-hydrogen) atoms. The van der Waals surface area contributed by atoms with E-state index in [0.717, 1.165) is 44.3 Å². The zero-order valence-corrected chi connectivity index (χ0v) is 22.5. The third kappa shape index (κ3) is 3.47. The lowest BCUT2D eigenvalue weighted by Gasteiger charge is -2.15. The molecule has 2 aromatic heterocycles. The van der Waals surface area contributed by atoms with Crippen LogP contribution in [0.5, 0.6) is 0 Å². The second-order valence-corrected chi connectivity index (χ2v) is 10.4. The van der Waals surface area contributed by atoms with Crippen LogP contribution in [0, 0.1) is 17.9 Å². The Bertz CT molecular complexity index is 2370. The van der Waals surface area contributed by atoms with Crippen LogP contribution in [-0.4, -0.2) is 9.13 Å². The van der Waals surface area contributed by atoms with Gasteiger partial charge in [0.05, 0.1) is 46.0 Å². The molecular formula is C38H22N4. The highest BCUT2D eigenvalue weighted by Gasteiger charge is 2.18. The van der Waals surface area contributed by atoms with Crippen LogP contribution in [0.25, 0.3) is 71.0 Å². The Morgan fingerprint density at radius 3 is 1.90 bits per heavy atom. The fourth-order valence-corrected chi connectivity index (χ4v) is 6.30. The Hall–Kier alpha value is -6.10. The number of nitrogens with zero attached hydrogens (tertiary/aromatic N) is 4.